The Kier molecular flexibility index (Phi) is 8.02. The standard InChI is InChI=1S/C28H37N7O4S/c1-17(2)34-40(36,37)25-9-7-6-8-23(25)30-27-21-12-13-29-26(21)32-28(33-27)31-22-11-10-20(14-24(22)38-5)35-18(3)15-39-16-19(35)4/h6-11,14,17-19,34H,12-13,15-16H2,1-5H3,(H3,29,30,31,32,33). The van der Waals surface area contributed by atoms with Crippen LogP contribution in [-0.2, 0) is 21.2 Å². The van der Waals surface area contributed by atoms with Crippen molar-refractivity contribution in [3.8, 4) is 5.75 Å². The number of hydrogen-bond acceptors (Lipinski definition) is 10. The Morgan fingerprint density at radius 3 is 2.52 bits per heavy atom. The van der Waals surface area contributed by atoms with Gasteiger partial charge in [0.05, 0.1) is 31.7 Å². The van der Waals surface area contributed by atoms with E-state index in [1.807, 2.05) is 12.1 Å². The first-order valence-corrected chi connectivity index (χ1v) is 15.0. The number of rotatable bonds is 9. The van der Waals surface area contributed by atoms with Crippen LogP contribution in [0, 0.1) is 0 Å². The average molecular weight is 568 g/mol. The molecule has 0 radical (unpaired) electrons. The van der Waals surface area contributed by atoms with E-state index >= 15 is 0 Å². The molecule has 214 valence electrons. The van der Waals surface area contributed by atoms with Gasteiger partial charge in [-0.3, -0.25) is 0 Å². The summed E-state index contributed by atoms with van der Waals surface area (Å²) in [5, 5.41) is 9.87. The third kappa shape index (κ3) is 5.79. The van der Waals surface area contributed by atoms with Crippen molar-refractivity contribution in [2.75, 3.05) is 47.7 Å². The highest BCUT2D eigenvalue weighted by Crippen LogP contribution is 2.36. The molecule has 4 N–H and O–H groups in total. The van der Waals surface area contributed by atoms with Crippen LogP contribution in [0.1, 0.15) is 33.3 Å². The molecule has 1 aromatic heterocycles. The molecule has 2 aliphatic rings. The molecule has 12 heteroatoms. The highest BCUT2D eigenvalue weighted by molar-refractivity contribution is 7.89. The molecule has 3 heterocycles. The number of sulfonamides is 1. The predicted octanol–water partition coefficient (Wildman–Crippen LogP) is 4.24. The monoisotopic (exact) mass is 567 g/mol. The Balaban J connectivity index is 1.46. The lowest BCUT2D eigenvalue weighted by atomic mass is 10.1. The Morgan fingerprint density at radius 2 is 1.80 bits per heavy atom. The zero-order valence-corrected chi connectivity index (χ0v) is 24.3. The van der Waals surface area contributed by atoms with Gasteiger partial charge in [-0.2, -0.15) is 9.97 Å². The zero-order valence-electron chi connectivity index (χ0n) is 23.5. The minimum atomic E-state index is -3.73. The SMILES string of the molecule is COc1cc(N2C(C)COCC2C)ccc1Nc1nc2c(c(Nc3ccccc3S(=O)(=O)NC(C)C)n1)CCN2. The molecule has 0 saturated carbocycles. The van der Waals surface area contributed by atoms with Crippen LogP contribution in [-0.4, -0.2) is 63.4 Å². The van der Waals surface area contributed by atoms with Crippen molar-refractivity contribution >= 4 is 44.7 Å². The van der Waals surface area contributed by atoms with Crippen LogP contribution in [0.3, 0.4) is 0 Å². The minimum absolute atomic E-state index is 0.153. The number of methoxy groups -OCH3 is 1. The zero-order chi connectivity index (χ0) is 28.4. The second kappa shape index (κ2) is 11.5. The van der Waals surface area contributed by atoms with Crippen molar-refractivity contribution in [1.82, 2.24) is 14.7 Å². The fourth-order valence-corrected chi connectivity index (χ4v) is 6.63. The van der Waals surface area contributed by atoms with Gasteiger partial charge >= 0.3 is 0 Å². The molecular formula is C28H37N7O4S. The van der Waals surface area contributed by atoms with Gasteiger partial charge in [0, 0.05) is 42.0 Å². The summed E-state index contributed by atoms with van der Waals surface area (Å²) in [4.78, 5) is 11.9. The molecule has 1 saturated heterocycles. The number of nitrogens with zero attached hydrogens (tertiary/aromatic N) is 3. The van der Waals surface area contributed by atoms with E-state index in [2.05, 4.69) is 50.5 Å². The minimum Gasteiger partial charge on any atom is -0.494 e. The second-order valence-electron chi connectivity index (χ2n) is 10.4. The maximum atomic E-state index is 13.0. The number of ether oxygens (including phenoxy) is 2. The summed E-state index contributed by atoms with van der Waals surface area (Å²) in [6.07, 6.45) is 0.713. The summed E-state index contributed by atoms with van der Waals surface area (Å²) in [6, 6.07) is 13.1. The summed E-state index contributed by atoms with van der Waals surface area (Å²) in [6.45, 7) is 9.94. The number of anilines is 6. The smallest absolute Gasteiger partial charge is 0.242 e. The predicted molar refractivity (Wildman–Crippen MR) is 158 cm³/mol. The molecule has 2 unspecified atom stereocenters. The first-order chi connectivity index (χ1) is 19.2. The number of aromatic nitrogens is 2. The third-order valence-corrected chi connectivity index (χ3v) is 8.61. The molecule has 2 atom stereocenters. The van der Waals surface area contributed by atoms with Gasteiger partial charge in [-0.15, -0.1) is 0 Å². The summed E-state index contributed by atoms with van der Waals surface area (Å²) in [5.74, 6) is 2.25. The summed E-state index contributed by atoms with van der Waals surface area (Å²) >= 11 is 0. The fraction of sp³-hybridized carbons (Fsp3) is 0.429. The number of fused-ring (bicyclic) bond motifs is 1. The van der Waals surface area contributed by atoms with Crippen molar-refractivity contribution in [3.05, 3.63) is 48.0 Å². The van der Waals surface area contributed by atoms with Crippen molar-refractivity contribution in [2.45, 2.75) is 57.1 Å². The first-order valence-electron chi connectivity index (χ1n) is 13.5. The maximum Gasteiger partial charge on any atom is 0.242 e. The molecule has 40 heavy (non-hydrogen) atoms. The number of nitrogens with one attached hydrogen (secondary N) is 4. The Hall–Kier alpha value is -3.61. The summed E-state index contributed by atoms with van der Waals surface area (Å²) in [5.41, 5.74) is 3.10. The van der Waals surface area contributed by atoms with Crippen LogP contribution in [0.2, 0.25) is 0 Å². The second-order valence-corrected chi connectivity index (χ2v) is 12.1. The molecule has 5 rings (SSSR count). The van der Waals surface area contributed by atoms with E-state index in [9.17, 15) is 8.42 Å². The van der Waals surface area contributed by atoms with E-state index in [4.69, 9.17) is 14.5 Å². The van der Waals surface area contributed by atoms with Crippen LogP contribution in [0.5, 0.6) is 5.75 Å². The van der Waals surface area contributed by atoms with E-state index in [1.165, 1.54) is 0 Å². The van der Waals surface area contributed by atoms with Gasteiger partial charge < -0.3 is 30.3 Å². The number of para-hydroxylation sites is 1. The van der Waals surface area contributed by atoms with E-state index in [-0.39, 0.29) is 23.0 Å². The summed E-state index contributed by atoms with van der Waals surface area (Å²) in [7, 11) is -2.09. The molecule has 3 aromatic rings. The van der Waals surface area contributed by atoms with Crippen LogP contribution in [0.15, 0.2) is 47.4 Å². The Bertz CT molecular complexity index is 1470. The third-order valence-electron chi connectivity index (χ3n) is 6.89. The van der Waals surface area contributed by atoms with Crippen LogP contribution in [0.4, 0.5) is 34.6 Å². The quantitative estimate of drug-likeness (QED) is 0.298. The van der Waals surface area contributed by atoms with Crippen molar-refractivity contribution < 1.29 is 17.9 Å². The topological polar surface area (TPSA) is 130 Å². The Morgan fingerprint density at radius 1 is 1.05 bits per heavy atom. The van der Waals surface area contributed by atoms with Gasteiger partial charge in [-0.25, -0.2) is 13.1 Å². The molecule has 2 aromatic carbocycles. The molecule has 2 aliphatic heterocycles. The molecule has 0 amide bonds. The lowest BCUT2D eigenvalue weighted by Gasteiger charge is -2.40. The van der Waals surface area contributed by atoms with E-state index in [0.717, 1.165) is 11.3 Å². The lowest BCUT2D eigenvalue weighted by Crippen LogP contribution is -2.49. The van der Waals surface area contributed by atoms with E-state index in [0.29, 0.717) is 60.9 Å². The van der Waals surface area contributed by atoms with Gasteiger partial charge in [0.1, 0.15) is 22.3 Å². The summed E-state index contributed by atoms with van der Waals surface area (Å²) < 4.78 is 40.1. The largest absolute Gasteiger partial charge is 0.494 e. The van der Waals surface area contributed by atoms with Gasteiger partial charge in [-0.05, 0) is 58.4 Å². The highest BCUT2D eigenvalue weighted by Gasteiger charge is 2.27. The molecule has 1 fully saturated rings. The van der Waals surface area contributed by atoms with Gasteiger partial charge in [-0.1, -0.05) is 12.1 Å². The van der Waals surface area contributed by atoms with E-state index in [1.54, 1.807) is 45.2 Å². The Labute approximate surface area is 235 Å². The van der Waals surface area contributed by atoms with Crippen LogP contribution < -0.4 is 30.3 Å². The average Bonchev–Trinajstić information content (AvgIpc) is 3.38. The van der Waals surface area contributed by atoms with Gasteiger partial charge in [0.2, 0.25) is 16.0 Å². The highest BCUT2D eigenvalue weighted by atomic mass is 32.2. The van der Waals surface area contributed by atoms with Crippen molar-refractivity contribution in [3.63, 3.8) is 0 Å². The fourth-order valence-electron chi connectivity index (χ4n) is 5.22. The lowest BCUT2D eigenvalue weighted by molar-refractivity contribution is 0.0756. The van der Waals surface area contributed by atoms with Crippen molar-refractivity contribution in [1.29, 1.82) is 0 Å². The number of benzene rings is 2. The molecule has 0 spiro atoms. The van der Waals surface area contributed by atoms with E-state index < -0.39 is 10.0 Å². The van der Waals surface area contributed by atoms with Crippen molar-refractivity contribution in [2.24, 2.45) is 0 Å². The van der Waals surface area contributed by atoms with Crippen LogP contribution in [0.25, 0.3) is 0 Å². The van der Waals surface area contributed by atoms with Crippen LogP contribution >= 0.6 is 0 Å². The van der Waals surface area contributed by atoms with Gasteiger partial charge in [0.25, 0.3) is 0 Å². The number of morpholine rings is 1. The molecular weight excluding hydrogens is 530 g/mol. The maximum absolute atomic E-state index is 13.0. The molecule has 0 aliphatic carbocycles. The molecule has 11 nitrogen and oxygen atoms in total. The molecule has 0 bridgehead atoms. The normalized spacial score (nSPS) is 18.8. The van der Waals surface area contributed by atoms with Gasteiger partial charge in [0.15, 0.2) is 0 Å². The number of hydrogen-bond donors (Lipinski definition) is 4. The first kappa shape index (κ1) is 27.9.